The summed E-state index contributed by atoms with van der Waals surface area (Å²) in [7, 11) is 0. The fourth-order valence-electron chi connectivity index (χ4n) is 2.26. The quantitative estimate of drug-likeness (QED) is 0.729. The lowest BCUT2D eigenvalue weighted by atomic mass is 10.0. The highest BCUT2D eigenvalue weighted by molar-refractivity contribution is 7.22. The maximum absolute atomic E-state index is 12.6. The third kappa shape index (κ3) is 3.63. The molecule has 1 atom stereocenters. The third-order valence-corrected chi connectivity index (χ3v) is 5.33. The van der Waals surface area contributed by atoms with Gasteiger partial charge >= 0.3 is 0 Å². The van der Waals surface area contributed by atoms with Gasteiger partial charge < -0.3 is 10.6 Å². The van der Waals surface area contributed by atoms with E-state index in [9.17, 15) is 9.59 Å². The first kappa shape index (κ1) is 16.6. The van der Waals surface area contributed by atoms with Crippen LogP contribution in [0.15, 0.2) is 41.8 Å². The van der Waals surface area contributed by atoms with E-state index in [4.69, 9.17) is 0 Å². The van der Waals surface area contributed by atoms with Crippen molar-refractivity contribution in [1.82, 2.24) is 10.3 Å². The van der Waals surface area contributed by atoms with Crippen LogP contribution in [0.5, 0.6) is 0 Å². The van der Waals surface area contributed by atoms with Gasteiger partial charge in [-0.25, -0.2) is 4.98 Å². The molecule has 0 aliphatic heterocycles. The van der Waals surface area contributed by atoms with Crippen LogP contribution < -0.4 is 10.6 Å². The lowest BCUT2D eigenvalue weighted by molar-refractivity contribution is -0.118. The predicted molar refractivity (Wildman–Crippen MR) is 98.7 cm³/mol. The second-order valence-corrected chi connectivity index (χ2v) is 7.63. The summed E-state index contributed by atoms with van der Waals surface area (Å²) in [6.07, 6.45) is 0. The molecule has 0 saturated carbocycles. The van der Waals surface area contributed by atoms with Gasteiger partial charge in [-0.1, -0.05) is 43.4 Å². The van der Waals surface area contributed by atoms with Gasteiger partial charge in [-0.3, -0.25) is 9.59 Å². The Labute approximate surface area is 147 Å². The Hall–Kier alpha value is -2.25. The number of amides is 2. The number of carbonyl (C=O) groups is 2. The van der Waals surface area contributed by atoms with Crippen molar-refractivity contribution in [1.29, 1.82) is 0 Å². The van der Waals surface area contributed by atoms with Crippen molar-refractivity contribution in [3.63, 3.8) is 0 Å². The van der Waals surface area contributed by atoms with Gasteiger partial charge in [0.25, 0.3) is 5.91 Å². The highest BCUT2D eigenvalue weighted by Crippen LogP contribution is 2.25. The molecule has 0 aliphatic rings. The van der Waals surface area contributed by atoms with Crippen molar-refractivity contribution in [2.75, 3.05) is 5.32 Å². The Kier molecular flexibility index (Phi) is 4.92. The average Bonchev–Trinajstić information content (AvgIpc) is 3.20. The van der Waals surface area contributed by atoms with E-state index in [1.165, 1.54) is 22.7 Å². The highest BCUT2D eigenvalue weighted by atomic mass is 32.1. The number of thiophene rings is 1. The van der Waals surface area contributed by atoms with Gasteiger partial charge in [-0.15, -0.1) is 11.3 Å². The minimum absolute atomic E-state index is 0.0386. The normalized spacial score (nSPS) is 12.3. The van der Waals surface area contributed by atoms with Gasteiger partial charge in [-0.2, -0.15) is 0 Å². The van der Waals surface area contributed by atoms with Crippen molar-refractivity contribution in [3.8, 4) is 0 Å². The molecule has 0 unspecified atom stereocenters. The van der Waals surface area contributed by atoms with Crippen LogP contribution in [-0.4, -0.2) is 22.8 Å². The van der Waals surface area contributed by atoms with Gasteiger partial charge in [0.2, 0.25) is 5.91 Å². The van der Waals surface area contributed by atoms with Crippen molar-refractivity contribution >= 4 is 49.8 Å². The van der Waals surface area contributed by atoms with Crippen LogP contribution in [0.2, 0.25) is 0 Å². The largest absolute Gasteiger partial charge is 0.339 e. The van der Waals surface area contributed by atoms with Gasteiger partial charge in [0.1, 0.15) is 6.04 Å². The Bertz CT molecular complexity index is 823. The SMILES string of the molecule is CC(C)[C@@H](NC(=O)c1cccs1)C(=O)Nc1nc2ccccc2s1. The Morgan fingerprint density at radius 1 is 1.12 bits per heavy atom. The van der Waals surface area contributed by atoms with E-state index in [1.54, 1.807) is 6.07 Å². The molecule has 124 valence electrons. The summed E-state index contributed by atoms with van der Waals surface area (Å²) in [6, 6.07) is 10.6. The number of benzene rings is 1. The van der Waals surface area contributed by atoms with Crippen molar-refractivity contribution in [2.45, 2.75) is 19.9 Å². The second-order valence-electron chi connectivity index (χ2n) is 5.65. The van der Waals surface area contributed by atoms with Gasteiger partial charge in [0.15, 0.2) is 5.13 Å². The first-order chi connectivity index (χ1) is 11.5. The first-order valence-electron chi connectivity index (χ1n) is 7.55. The molecule has 2 heterocycles. The molecule has 7 heteroatoms. The summed E-state index contributed by atoms with van der Waals surface area (Å²) in [6.45, 7) is 3.80. The summed E-state index contributed by atoms with van der Waals surface area (Å²) in [5.74, 6) is -0.527. The molecular formula is C17H17N3O2S2. The molecule has 24 heavy (non-hydrogen) atoms. The predicted octanol–water partition coefficient (Wildman–Crippen LogP) is 3.75. The number of nitrogens with zero attached hydrogens (tertiary/aromatic N) is 1. The van der Waals surface area contributed by atoms with Gasteiger partial charge in [0.05, 0.1) is 15.1 Å². The molecule has 2 amide bonds. The summed E-state index contributed by atoms with van der Waals surface area (Å²) < 4.78 is 1.01. The van der Waals surface area contributed by atoms with Crippen LogP contribution in [0.4, 0.5) is 5.13 Å². The molecule has 0 spiro atoms. The topological polar surface area (TPSA) is 71.1 Å². The Balaban J connectivity index is 1.73. The van der Waals surface area contributed by atoms with Crippen molar-refractivity contribution in [3.05, 3.63) is 46.7 Å². The van der Waals surface area contributed by atoms with E-state index in [0.29, 0.717) is 10.0 Å². The maximum Gasteiger partial charge on any atom is 0.262 e. The van der Waals surface area contributed by atoms with E-state index in [2.05, 4.69) is 15.6 Å². The van der Waals surface area contributed by atoms with Crippen LogP contribution in [0, 0.1) is 5.92 Å². The molecule has 3 rings (SSSR count). The summed E-state index contributed by atoms with van der Waals surface area (Å²) >= 11 is 2.77. The molecular weight excluding hydrogens is 342 g/mol. The maximum atomic E-state index is 12.6. The van der Waals surface area contributed by atoms with E-state index in [-0.39, 0.29) is 17.7 Å². The Morgan fingerprint density at radius 2 is 1.92 bits per heavy atom. The van der Waals surface area contributed by atoms with Crippen LogP contribution in [-0.2, 0) is 4.79 Å². The third-order valence-electron chi connectivity index (χ3n) is 3.50. The minimum Gasteiger partial charge on any atom is -0.339 e. The zero-order chi connectivity index (χ0) is 17.1. The fraction of sp³-hybridized carbons (Fsp3) is 0.235. The molecule has 2 aromatic heterocycles. The second kappa shape index (κ2) is 7.11. The summed E-state index contributed by atoms with van der Waals surface area (Å²) in [5, 5.41) is 8.00. The minimum atomic E-state index is -0.619. The van der Waals surface area contributed by atoms with E-state index >= 15 is 0 Å². The smallest absolute Gasteiger partial charge is 0.262 e. The number of hydrogen-bond acceptors (Lipinski definition) is 5. The first-order valence-corrected chi connectivity index (χ1v) is 9.25. The molecule has 2 N–H and O–H groups in total. The van der Waals surface area contributed by atoms with Gasteiger partial charge in [-0.05, 0) is 29.5 Å². The molecule has 0 bridgehead atoms. The molecule has 0 radical (unpaired) electrons. The summed E-state index contributed by atoms with van der Waals surface area (Å²) in [4.78, 5) is 29.8. The number of fused-ring (bicyclic) bond motifs is 1. The number of hydrogen-bond donors (Lipinski definition) is 2. The molecule has 0 aliphatic carbocycles. The lowest BCUT2D eigenvalue weighted by Gasteiger charge is -2.20. The van der Waals surface area contributed by atoms with E-state index in [1.807, 2.05) is 49.6 Å². The van der Waals surface area contributed by atoms with E-state index in [0.717, 1.165) is 10.2 Å². The number of carbonyl (C=O) groups excluding carboxylic acids is 2. The van der Waals surface area contributed by atoms with Crippen LogP contribution in [0.3, 0.4) is 0 Å². The highest BCUT2D eigenvalue weighted by Gasteiger charge is 2.25. The molecule has 3 aromatic rings. The van der Waals surface area contributed by atoms with Crippen molar-refractivity contribution < 1.29 is 9.59 Å². The average molecular weight is 359 g/mol. The molecule has 1 aromatic carbocycles. The van der Waals surface area contributed by atoms with Crippen LogP contribution in [0.1, 0.15) is 23.5 Å². The molecule has 0 fully saturated rings. The number of rotatable bonds is 5. The fourth-order valence-corrected chi connectivity index (χ4v) is 3.76. The monoisotopic (exact) mass is 359 g/mol. The number of nitrogens with one attached hydrogen (secondary N) is 2. The van der Waals surface area contributed by atoms with Crippen LogP contribution >= 0.6 is 22.7 Å². The number of thiazole rings is 1. The zero-order valence-electron chi connectivity index (χ0n) is 13.3. The zero-order valence-corrected chi connectivity index (χ0v) is 14.9. The van der Waals surface area contributed by atoms with Crippen molar-refractivity contribution in [2.24, 2.45) is 5.92 Å². The number of aromatic nitrogens is 1. The molecule has 5 nitrogen and oxygen atoms in total. The Morgan fingerprint density at radius 3 is 2.58 bits per heavy atom. The standard InChI is InChI=1S/C17H17N3O2S2/c1-10(2)14(19-15(21)13-8-5-9-23-13)16(22)20-17-18-11-6-3-4-7-12(11)24-17/h3-10,14H,1-2H3,(H,19,21)(H,18,20,22)/t14-/m1/s1. The number of anilines is 1. The summed E-state index contributed by atoms with van der Waals surface area (Å²) in [5.41, 5.74) is 0.849. The molecule has 0 saturated heterocycles. The lowest BCUT2D eigenvalue weighted by Crippen LogP contribution is -2.46. The van der Waals surface area contributed by atoms with E-state index < -0.39 is 6.04 Å². The van der Waals surface area contributed by atoms with Gasteiger partial charge in [0, 0.05) is 0 Å². The number of para-hydroxylation sites is 1. The van der Waals surface area contributed by atoms with Crippen LogP contribution in [0.25, 0.3) is 10.2 Å².